The Kier molecular flexibility index (Phi) is 5.49. The van der Waals surface area contributed by atoms with Gasteiger partial charge in [-0.05, 0) is 71.5 Å². The fourth-order valence-electron chi connectivity index (χ4n) is 1.88. The van der Waals surface area contributed by atoms with Gasteiger partial charge in [0.15, 0.2) is 0 Å². The number of aryl methyl sites for hydroxylation is 4. The largest absolute Gasteiger partial charge is 0.246 e. The highest BCUT2D eigenvalue weighted by Crippen LogP contribution is 2.39. The number of hydrogen-bond donors (Lipinski definition) is 0. The molecule has 0 N–H and O–H groups in total. The molecule has 0 amide bonds. The van der Waals surface area contributed by atoms with Crippen LogP contribution in [0.25, 0.3) is 0 Å². The average Bonchev–Trinajstić information content (AvgIpc) is 2.45. The first kappa shape index (κ1) is 15.4. The van der Waals surface area contributed by atoms with Crippen LogP contribution in [0.1, 0.15) is 36.4 Å². The molecule has 0 aliphatic rings. The Morgan fingerprint density at radius 1 is 0.750 bits per heavy atom. The molecule has 0 unspecified atom stereocenters. The van der Waals surface area contributed by atoms with Crippen LogP contribution >= 0.6 is 21.6 Å². The molecule has 0 radical (unpaired) electrons. The van der Waals surface area contributed by atoms with Crippen molar-refractivity contribution in [2.45, 2.75) is 50.6 Å². The summed E-state index contributed by atoms with van der Waals surface area (Å²) >= 11 is 0. The Morgan fingerprint density at radius 2 is 1.15 bits per heavy atom. The first-order chi connectivity index (χ1) is 9.63. The predicted molar refractivity (Wildman–Crippen MR) is 88.4 cm³/mol. The molecule has 4 heteroatoms. The fourth-order valence-corrected chi connectivity index (χ4v) is 4.38. The van der Waals surface area contributed by atoms with Crippen LogP contribution in [0, 0.1) is 13.8 Å². The van der Waals surface area contributed by atoms with Crippen molar-refractivity contribution in [3.63, 3.8) is 0 Å². The van der Waals surface area contributed by atoms with Crippen molar-refractivity contribution in [2.75, 3.05) is 0 Å². The molecule has 0 saturated heterocycles. The van der Waals surface area contributed by atoms with E-state index >= 15 is 0 Å². The molecular formula is C16H20N2S2. The lowest BCUT2D eigenvalue weighted by Gasteiger charge is -2.09. The Hall–Kier alpha value is -1.00. The molecule has 0 saturated carbocycles. The van der Waals surface area contributed by atoms with E-state index < -0.39 is 0 Å². The molecule has 0 spiro atoms. The van der Waals surface area contributed by atoms with Crippen LogP contribution in [-0.4, -0.2) is 9.97 Å². The van der Waals surface area contributed by atoms with Gasteiger partial charge in [0.25, 0.3) is 0 Å². The second kappa shape index (κ2) is 7.14. The summed E-state index contributed by atoms with van der Waals surface area (Å²) in [5, 5.41) is 2.23. The quantitative estimate of drug-likeness (QED) is 0.725. The van der Waals surface area contributed by atoms with Crippen LogP contribution in [0.5, 0.6) is 0 Å². The molecule has 2 heterocycles. The third-order valence-corrected chi connectivity index (χ3v) is 5.42. The molecule has 20 heavy (non-hydrogen) atoms. The van der Waals surface area contributed by atoms with E-state index in [1.807, 2.05) is 13.8 Å². The van der Waals surface area contributed by atoms with Crippen molar-refractivity contribution in [2.24, 2.45) is 0 Å². The van der Waals surface area contributed by atoms with E-state index in [2.05, 4.69) is 48.1 Å². The van der Waals surface area contributed by atoms with Gasteiger partial charge in [-0.2, -0.15) is 0 Å². The van der Waals surface area contributed by atoms with Gasteiger partial charge >= 0.3 is 0 Å². The van der Waals surface area contributed by atoms with Gasteiger partial charge in [-0.3, -0.25) is 0 Å². The van der Waals surface area contributed by atoms with Gasteiger partial charge < -0.3 is 0 Å². The van der Waals surface area contributed by atoms with E-state index in [1.165, 1.54) is 11.1 Å². The first-order valence-corrected chi connectivity index (χ1v) is 9.06. The highest BCUT2D eigenvalue weighted by molar-refractivity contribution is 8.76. The first-order valence-electron chi connectivity index (χ1n) is 6.91. The van der Waals surface area contributed by atoms with Crippen LogP contribution in [0.3, 0.4) is 0 Å². The molecular weight excluding hydrogens is 284 g/mol. The maximum atomic E-state index is 4.65. The van der Waals surface area contributed by atoms with Crippen LogP contribution in [0.15, 0.2) is 34.3 Å². The minimum absolute atomic E-state index is 1.01. The van der Waals surface area contributed by atoms with E-state index in [-0.39, 0.29) is 0 Å². The standard InChI is InChI=1S/C16H20N2S2/c1-5-13-9-7-11(3)17-15(13)19-20-16-14(6-2)10-8-12(4)18-16/h7-10H,5-6H2,1-4H3. The normalized spacial score (nSPS) is 10.8. The molecule has 0 aliphatic heterocycles. The zero-order valence-corrected chi connectivity index (χ0v) is 14.1. The van der Waals surface area contributed by atoms with Gasteiger partial charge in [-0.1, -0.05) is 26.0 Å². The van der Waals surface area contributed by atoms with E-state index in [0.717, 1.165) is 34.3 Å². The van der Waals surface area contributed by atoms with Crippen molar-refractivity contribution in [1.82, 2.24) is 9.97 Å². The monoisotopic (exact) mass is 304 g/mol. The van der Waals surface area contributed by atoms with Crippen molar-refractivity contribution >= 4 is 21.6 Å². The number of hydrogen-bond acceptors (Lipinski definition) is 4. The van der Waals surface area contributed by atoms with Crippen LogP contribution in [-0.2, 0) is 12.8 Å². The summed E-state index contributed by atoms with van der Waals surface area (Å²) in [5.41, 5.74) is 4.74. The second-order valence-corrected chi connectivity index (χ2v) is 6.81. The lowest BCUT2D eigenvalue weighted by Crippen LogP contribution is -1.93. The molecule has 2 aromatic rings. The second-order valence-electron chi connectivity index (χ2n) is 4.71. The van der Waals surface area contributed by atoms with Crippen molar-refractivity contribution in [3.8, 4) is 0 Å². The molecule has 0 atom stereocenters. The number of nitrogens with zero attached hydrogens (tertiary/aromatic N) is 2. The van der Waals surface area contributed by atoms with Crippen LogP contribution in [0.4, 0.5) is 0 Å². The number of pyridine rings is 2. The molecule has 2 rings (SSSR count). The fraction of sp³-hybridized carbons (Fsp3) is 0.375. The van der Waals surface area contributed by atoms with Crippen molar-refractivity contribution in [1.29, 1.82) is 0 Å². The molecule has 106 valence electrons. The van der Waals surface area contributed by atoms with Crippen LogP contribution in [0.2, 0.25) is 0 Å². The SMILES string of the molecule is CCc1ccc(C)nc1SSc1nc(C)ccc1CC. The lowest BCUT2D eigenvalue weighted by atomic mass is 10.2. The van der Waals surface area contributed by atoms with Gasteiger partial charge in [0.2, 0.25) is 0 Å². The summed E-state index contributed by atoms with van der Waals surface area (Å²) in [6.07, 6.45) is 2.02. The van der Waals surface area contributed by atoms with E-state index in [0.29, 0.717) is 0 Å². The minimum Gasteiger partial charge on any atom is -0.246 e. The van der Waals surface area contributed by atoms with E-state index in [1.54, 1.807) is 21.6 Å². The third kappa shape index (κ3) is 3.76. The molecule has 2 aromatic heterocycles. The van der Waals surface area contributed by atoms with Gasteiger partial charge in [-0.15, -0.1) is 0 Å². The van der Waals surface area contributed by atoms with E-state index in [9.17, 15) is 0 Å². The van der Waals surface area contributed by atoms with Gasteiger partial charge in [0.05, 0.1) is 0 Å². The zero-order chi connectivity index (χ0) is 14.5. The summed E-state index contributed by atoms with van der Waals surface area (Å²) < 4.78 is 0. The minimum atomic E-state index is 1.01. The molecule has 2 nitrogen and oxygen atoms in total. The highest BCUT2D eigenvalue weighted by Gasteiger charge is 2.09. The Bertz CT molecular complexity index is 544. The predicted octanol–water partition coefficient (Wildman–Crippen LogP) is 5.02. The summed E-state index contributed by atoms with van der Waals surface area (Å²) in [7, 11) is 3.44. The summed E-state index contributed by atoms with van der Waals surface area (Å²) in [6.45, 7) is 8.42. The summed E-state index contributed by atoms with van der Waals surface area (Å²) in [4.78, 5) is 9.30. The van der Waals surface area contributed by atoms with Gasteiger partial charge in [-0.25, -0.2) is 9.97 Å². The van der Waals surface area contributed by atoms with Crippen molar-refractivity contribution < 1.29 is 0 Å². The molecule has 0 aliphatic carbocycles. The maximum absolute atomic E-state index is 4.65. The smallest absolute Gasteiger partial charge is 0.110 e. The number of rotatable bonds is 5. The maximum Gasteiger partial charge on any atom is 0.110 e. The van der Waals surface area contributed by atoms with Crippen LogP contribution < -0.4 is 0 Å². The molecule has 0 aromatic carbocycles. The van der Waals surface area contributed by atoms with E-state index in [4.69, 9.17) is 0 Å². The lowest BCUT2D eigenvalue weighted by molar-refractivity contribution is 0.965. The Morgan fingerprint density at radius 3 is 1.50 bits per heavy atom. The summed E-state index contributed by atoms with van der Waals surface area (Å²) in [6, 6.07) is 8.51. The molecule has 0 bridgehead atoms. The molecule has 0 fully saturated rings. The van der Waals surface area contributed by atoms with Crippen molar-refractivity contribution in [3.05, 3.63) is 46.8 Å². The number of aromatic nitrogens is 2. The highest BCUT2D eigenvalue weighted by atomic mass is 33.1. The summed E-state index contributed by atoms with van der Waals surface area (Å²) in [5.74, 6) is 0. The topological polar surface area (TPSA) is 25.8 Å². The Labute approximate surface area is 129 Å². The Balaban J connectivity index is 2.20. The third-order valence-electron chi connectivity index (χ3n) is 3.12. The van der Waals surface area contributed by atoms with Gasteiger partial charge in [0.1, 0.15) is 10.1 Å². The average molecular weight is 304 g/mol. The van der Waals surface area contributed by atoms with Gasteiger partial charge in [0, 0.05) is 11.4 Å². The zero-order valence-electron chi connectivity index (χ0n) is 12.4.